The van der Waals surface area contributed by atoms with Crippen LogP contribution in [0.1, 0.15) is 30.1 Å². The molecule has 2 N–H and O–H groups in total. The summed E-state index contributed by atoms with van der Waals surface area (Å²) in [5, 5.41) is 5.50. The summed E-state index contributed by atoms with van der Waals surface area (Å²) in [7, 11) is 0. The Kier molecular flexibility index (Phi) is 4.79. The van der Waals surface area contributed by atoms with Crippen LogP contribution in [0, 0.1) is 0 Å². The summed E-state index contributed by atoms with van der Waals surface area (Å²) in [6.07, 6.45) is 1.32. The molecule has 1 aliphatic rings. The molecule has 0 bridgehead atoms. The van der Waals surface area contributed by atoms with Crippen molar-refractivity contribution >= 4 is 34.8 Å². The number of hydrogen-bond donors (Lipinski definition) is 2. The number of benzene rings is 2. The Bertz CT molecular complexity index is 815. The fourth-order valence-electron chi connectivity index (χ4n) is 2.84. The fourth-order valence-corrected chi connectivity index (χ4v) is 2.84. The highest BCUT2D eigenvalue weighted by atomic mass is 16.2. The molecule has 2 aromatic carbocycles. The Morgan fingerprint density at radius 3 is 2.20 bits per heavy atom. The number of rotatable bonds is 4. The maximum Gasteiger partial charge on any atom is 0.257 e. The molecule has 1 fully saturated rings. The number of nitrogens with zero attached hydrogens (tertiary/aromatic N) is 1. The quantitative estimate of drug-likeness (QED) is 0.900. The molecular weight excluding hydrogens is 318 g/mol. The lowest BCUT2D eigenvalue weighted by molar-refractivity contribution is -0.117. The second-order valence-corrected chi connectivity index (χ2v) is 5.88. The number of hydrogen-bond acceptors (Lipinski definition) is 3. The van der Waals surface area contributed by atoms with E-state index in [9.17, 15) is 14.4 Å². The topological polar surface area (TPSA) is 78.5 Å². The van der Waals surface area contributed by atoms with Gasteiger partial charge in [-0.3, -0.25) is 14.4 Å². The highest BCUT2D eigenvalue weighted by Crippen LogP contribution is 2.26. The van der Waals surface area contributed by atoms with Crippen molar-refractivity contribution in [2.75, 3.05) is 22.1 Å². The SMILES string of the molecule is CC(=O)Nc1ccc(NC(=O)c2ccccc2N2CCCC2=O)cc1. The van der Waals surface area contributed by atoms with Crippen LogP contribution in [-0.4, -0.2) is 24.3 Å². The van der Waals surface area contributed by atoms with Gasteiger partial charge in [0.2, 0.25) is 11.8 Å². The largest absolute Gasteiger partial charge is 0.326 e. The molecule has 128 valence electrons. The van der Waals surface area contributed by atoms with Crippen molar-refractivity contribution in [2.45, 2.75) is 19.8 Å². The lowest BCUT2D eigenvalue weighted by Gasteiger charge is -2.19. The van der Waals surface area contributed by atoms with Gasteiger partial charge in [-0.1, -0.05) is 12.1 Å². The molecule has 6 nitrogen and oxygen atoms in total. The van der Waals surface area contributed by atoms with Crippen LogP contribution in [-0.2, 0) is 9.59 Å². The Hall–Kier alpha value is -3.15. The highest BCUT2D eigenvalue weighted by Gasteiger charge is 2.25. The van der Waals surface area contributed by atoms with E-state index in [-0.39, 0.29) is 17.7 Å². The molecule has 0 unspecified atom stereocenters. The molecule has 1 heterocycles. The molecular formula is C19H19N3O3. The smallest absolute Gasteiger partial charge is 0.257 e. The van der Waals surface area contributed by atoms with Crippen LogP contribution in [0.3, 0.4) is 0 Å². The van der Waals surface area contributed by atoms with Crippen LogP contribution in [0.5, 0.6) is 0 Å². The summed E-state index contributed by atoms with van der Waals surface area (Å²) in [5.41, 5.74) is 2.37. The number of amides is 3. The first-order valence-corrected chi connectivity index (χ1v) is 8.13. The summed E-state index contributed by atoms with van der Waals surface area (Å²) in [4.78, 5) is 37.3. The maximum absolute atomic E-state index is 12.6. The second-order valence-electron chi connectivity index (χ2n) is 5.88. The van der Waals surface area contributed by atoms with Crippen molar-refractivity contribution < 1.29 is 14.4 Å². The van der Waals surface area contributed by atoms with Gasteiger partial charge in [0, 0.05) is 31.3 Å². The number of carbonyl (C=O) groups is 3. The average molecular weight is 337 g/mol. The number of anilines is 3. The van der Waals surface area contributed by atoms with Crippen LogP contribution >= 0.6 is 0 Å². The van der Waals surface area contributed by atoms with Gasteiger partial charge in [-0.25, -0.2) is 0 Å². The van der Waals surface area contributed by atoms with Crippen LogP contribution in [0.2, 0.25) is 0 Å². The van der Waals surface area contributed by atoms with Gasteiger partial charge >= 0.3 is 0 Å². The zero-order valence-corrected chi connectivity index (χ0v) is 13.9. The van der Waals surface area contributed by atoms with Gasteiger partial charge in [0.15, 0.2) is 0 Å². The van der Waals surface area contributed by atoms with E-state index in [2.05, 4.69) is 10.6 Å². The number of para-hydroxylation sites is 1. The van der Waals surface area contributed by atoms with Crippen molar-refractivity contribution in [3.63, 3.8) is 0 Å². The van der Waals surface area contributed by atoms with Crippen molar-refractivity contribution in [2.24, 2.45) is 0 Å². The van der Waals surface area contributed by atoms with Crippen LogP contribution in [0.15, 0.2) is 48.5 Å². The summed E-state index contributed by atoms with van der Waals surface area (Å²) >= 11 is 0. The van der Waals surface area contributed by atoms with E-state index < -0.39 is 0 Å². The van der Waals surface area contributed by atoms with Crippen LogP contribution < -0.4 is 15.5 Å². The summed E-state index contributed by atoms with van der Waals surface area (Å²) in [6, 6.07) is 14.0. The maximum atomic E-state index is 12.6. The zero-order chi connectivity index (χ0) is 17.8. The molecule has 0 radical (unpaired) electrons. The van der Waals surface area contributed by atoms with Gasteiger partial charge in [-0.15, -0.1) is 0 Å². The molecule has 1 saturated heterocycles. The second kappa shape index (κ2) is 7.17. The highest BCUT2D eigenvalue weighted by molar-refractivity contribution is 6.11. The number of carbonyl (C=O) groups excluding carboxylic acids is 3. The van der Waals surface area contributed by atoms with Gasteiger partial charge in [0.1, 0.15) is 0 Å². The first-order chi connectivity index (χ1) is 12.0. The van der Waals surface area contributed by atoms with E-state index in [1.54, 1.807) is 47.4 Å². The molecule has 3 rings (SSSR count). The van der Waals surface area contributed by atoms with E-state index in [4.69, 9.17) is 0 Å². The third-order valence-electron chi connectivity index (χ3n) is 3.98. The Labute approximate surface area is 145 Å². The molecule has 1 aliphatic heterocycles. The minimum Gasteiger partial charge on any atom is -0.326 e. The Morgan fingerprint density at radius 1 is 0.960 bits per heavy atom. The van der Waals surface area contributed by atoms with E-state index in [1.807, 2.05) is 6.07 Å². The third-order valence-corrected chi connectivity index (χ3v) is 3.98. The summed E-state index contributed by atoms with van der Waals surface area (Å²) < 4.78 is 0. The molecule has 2 aromatic rings. The summed E-state index contributed by atoms with van der Waals surface area (Å²) in [6.45, 7) is 2.07. The van der Waals surface area contributed by atoms with Gasteiger partial charge in [0.25, 0.3) is 5.91 Å². The molecule has 0 spiro atoms. The van der Waals surface area contributed by atoms with Gasteiger partial charge < -0.3 is 15.5 Å². The van der Waals surface area contributed by atoms with E-state index in [0.717, 1.165) is 6.42 Å². The normalized spacial score (nSPS) is 13.6. The predicted octanol–water partition coefficient (Wildman–Crippen LogP) is 3.02. The van der Waals surface area contributed by atoms with Crippen LogP contribution in [0.25, 0.3) is 0 Å². The minimum absolute atomic E-state index is 0.0416. The first kappa shape index (κ1) is 16.7. The van der Waals surface area contributed by atoms with E-state index in [1.165, 1.54) is 6.92 Å². The fraction of sp³-hybridized carbons (Fsp3) is 0.211. The lowest BCUT2D eigenvalue weighted by Crippen LogP contribution is -2.27. The standard InChI is InChI=1S/C19H19N3O3/c1-13(23)20-14-8-10-15(11-9-14)21-19(25)16-5-2-3-6-17(16)22-12-4-7-18(22)24/h2-3,5-6,8-11H,4,7,12H2,1H3,(H,20,23)(H,21,25). The molecule has 25 heavy (non-hydrogen) atoms. The lowest BCUT2D eigenvalue weighted by atomic mass is 10.1. The molecule has 3 amide bonds. The molecule has 0 aliphatic carbocycles. The minimum atomic E-state index is -0.275. The Morgan fingerprint density at radius 2 is 1.60 bits per heavy atom. The Balaban J connectivity index is 1.77. The molecule has 0 atom stereocenters. The van der Waals surface area contributed by atoms with Crippen molar-refractivity contribution in [1.29, 1.82) is 0 Å². The van der Waals surface area contributed by atoms with Crippen molar-refractivity contribution in [3.8, 4) is 0 Å². The van der Waals surface area contributed by atoms with Gasteiger partial charge in [0.05, 0.1) is 11.3 Å². The zero-order valence-electron chi connectivity index (χ0n) is 13.9. The molecule has 0 saturated carbocycles. The number of nitrogens with one attached hydrogen (secondary N) is 2. The monoisotopic (exact) mass is 337 g/mol. The van der Waals surface area contributed by atoms with Crippen molar-refractivity contribution in [3.05, 3.63) is 54.1 Å². The summed E-state index contributed by atoms with van der Waals surface area (Å²) in [5.74, 6) is -0.386. The van der Waals surface area contributed by atoms with Gasteiger partial charge in [-0.2, -0.15) is 0 Å². The molecule has 6 heteroatoms. The van der Waals surface area contributed by atoms with Gasteiger partial charge in [-0.05, 0) is 42.8 Å². The molecule has 0 aromatic heterocycles. The predicted molar refractivity (Wildman–Crippen MR) is 96.7 cm³/mol. The third kappa shape index (κ3) is 3.85. The van der Waals surface area contributed by atoms with Crippen LogP contribution in [0.4, 0.5) is 17.1 Å². The van der Waals surface area contributed by atoms with E-state index >= 15 is 0 Å². The average Bonchev–Trinajstić information content (AvgIpc) is 3.02. The first-order valence-electron chi connectivity index (χ1n) is 8.13. The van der Waals surface area contributed by atoms with Crippen molar-refractivity contribution in [1.82, 2.24) is 0 Å². The van der Waals surface area contributed by atoms with E-state index in [0.29, 0.717) is 35.6 Å².